The molecule has 6 nitrogen and oxygen atoms in total. The number of sulfone groups is 1. The first-order chi connectivity index (χ1) is 9.43. The lowest BCUT2D eigenvalue weighted by Crippen LogP contribution is -2.44. The highest BCUT2D eigenvalue weighted by Crippen LogP contribution is 2.10. The van der Waals surface area contributed by atoms with Gasteiger partial charge in [-0.3, -0.25) is 4.99 Å². The summed E-state index contributed by atoms with van der Waals surface area (Å²) in [6.07, 6.45) is 1.55. The summed E-state index contributed by atoms with van der Waals surface area (Å²) >= 11 is 0. The van der Waals surface area contributed by atoms with E-state index in [1.54, 1.807) is 7.05 Å². The van der Waals surface area contributed by atoms with Gasteiger partial charge in [0.05, 0.1) is 11.5 Å². The minimum atomic E-state index is -2.86. The molecule has 0 aliphatic carbocycles. The zero-order valence-electron chi connectivity index (χ0n) is 13.1. The Morgan fingerprint density at radius 3 is 2.67 bits per heavy atom. The molecular formula is C13H28IN3O3S. The van der Waals surface area contributed by atoms with Crippen LogP contribution in [0.5, 0.6) is 0 Å². The van der Waals surface area contributed by atoms with Gasteiger partial charge in [-0.15, -0.1) is 24.0 Å². The summed E-state index contributed by atoms with van der Waals surface area (Å²) < 4.78 is 28.3. The molecule has 1 rings (SSSR count). The Balaban J connectivity index is 0.00000400. The van der Waals surface area contributed by atoms with E-state index >= 15 is 0 Å². The molecule has 1 fully saturated rings. The van der Waals surface area contributed by atoms with Crippen LogP contribution in [0.3, 0.4) is 0 Å². The van der Waals surface area contributed by atoms with Crippen molar-refractivity contribution in [1.82, 2.24) is 10.6 Å². The molecule has 0 aromatic rings. The molecule has 0 saturated carbocycles. The predicted molar refractivity (Wildman–Crippen MR) is 97.2 cm³/mol. The van der Waals surface area contributed by atoms with Crippen molar-refractivity contribution in [1.29, 1.82) is 0 Å². The minimum Gasteiger partial charge on any atom is -0.381 e. The van der Waals surface area contributed by atoms with Crippen LogP contribution in [-0.4, -0.2) is 58.7 Å². The number of aliphatic imine (C=N–C) groups is 1. The van der Waals surface area contributed by atoms with Gasteiger partial charge < -0.3 is 15.4 Å². The second kappa shape index (κ2) is 10.6. The number of ether oxygens (including phenoxy) is 1. The van der Waals surface area contributed by atoms with E-state index in [4.69, 9.17) is 4.74 Å². The smallest absolute Gasteiger partial charge is 0.191 e. The topological polar surface area (TPSA) is 79.8 Å². The van der Waals surface area contributed by atoms with Gasteiger partial charge >= 0.3 is 0 Å². The Hall–Kier alpha value is -0.0900. The Kier molecular flexibility index (Phi) is 10.6. The third kappa shape index (κ3) is 9.51. The van der Waals surface area contributed by atoms with Gasteiger partial charge in [0.2, 0.25) is 0 Å². The Bertz CT molecular complexity index is 413. The monoisotopic (exact) mass is 433 g/mol. The van der Waals surface area contributed by atoms with Gasteiger partial charge in [0.15, 0.2) is 15.8 Å². The second-order valence-electron chi connectivity index (χ2n) is 5.57. The molecule has 1 atom stereocenters. The van der Waals surface area contributed by atoms with E-state index < -0.39 is 9.84 Å². The molecule has 1 heterocycles. The number of halogens is 1. The maximum absolute atomic E-state index is 11.4. The molecule has 0 aromatic carbocycles. The second-order valence-corrected chi connectivity index (χ2v) is 7.79. The van der Waals surface area contributed by atoms with Crippen molar-refractivity contribution in [2.45, 2.75) is 32.7 Å². The van der Waals surface area contributed by atoms with Crippen molar-refractivity contribution >= 4 is 39.8 Å². The lowest BCUT2D eigenvalue weighted by molar-refractivity contribution is 0.108. The third-order valence-corrected chi connectivity index (χ3v) is 4.77. The summed E-state index contributed by atoms with van der Waals surface area (Å²) in [5, 5.41) is 6.33. The predicted octanol–water partition coefficient (Wildman–Crippen LogP) is 1.02. The highest BCUT2D eigenvalue weighted by Gasteiger charge is 2.28. The van der Waals surface area contributed by atoms with Crippen LogP contribution in [0.1, 0.15) is 26.7 Å². The fraction of sp³-hybridized carbons (Fsp3) is 0.923. The first-order valence-electron chi connectivity index (χ1n) is 7.18. The quantitative estimate of drug-likeness (QED) is 0.271. The van der Waals surface area contributed by atoms with E-state index in [9.17, 15) is 8.42 Å². The van der Waals surface area contributed by atoms with E-state index in [1.807, 2.05) is 0 Å². The van der Waals surface area contributed by atoms with Crippen molar-refractivity contribution in [2.24, 2.45) is 10.9 Å². The summed E-state index contributed by atoms with van der Waals surface area (Å²) in [5.41, 5.74) is 0. The molecule has 0 aromatic heterocycles. The average molecular weight is 433 g/mol. The van der Waals surface area contributed by atoms with Crippen LogP contribution in [0.15, 0.2) is 4.99 Å². The largest absolute Gasteiger partial charge is 0.381 e. The third-order valence-electron chi connectivity index (χ3n) is 3.01. The summed E-state index contributed by atoms with van der Waals surface area (Å²) in [7, 11) is -1.17. The number of hydrogen-bond donors (Lipinski definition) is 2. The Labute approximate surface area is 145 Å². The van der Waals surface area contributed by atoms with Crippen LogP contribution in [0.25, 0.3) is 0 Å². The first-order valence-corrected chi connectivity index (χ1v) is 9.00. The average Bonchev–Trinajstić information content (AvgIpc) is 2.71. The van der Waals surface area contributed by atoms with Crippen LogP contribution in [-0.2, 0) is 14.6 Å². The lowest BCUT2D eigenvalue weighted by Gasteiger charge is -2.16. The SMILES string of the molecule is CN=C(NCCCOCC(C)C)NC1CCS(=O)(=O)C1.I. The van der Waals surface area contributed by atoms with Crippen LogP contribution >= 0.6 is 24.0 Å². The summed E-state index contributed by atoms with van der Waals surface area (Å²) in [6, 6.07) is -0.0246. The first kappa shape index (κ1) is 20.9. The molecule has 126 valence electrons. The van der Waals surface area contributed by atoms with Crippen LogP contribution in [0.2, 0.25) is 0 Å². The highest BCUT2D eigenvalue weighted by atomic mass is 127. The molecule has 0 spiro atoms. The Morgan fingerprint density at radius 1 is 1.43 bits per heavy atom. The standard InChI is InChI=1S/C13H27N3O3S.HI/c1-11(2)9-19-7-4-6-15-13(14-3)16-12-5-8-20(17,18)10-12;/h11-12H,4-10H2,1-3H3,(H2,14,15,16);1H. The van der Waals surface area contributed by atoms with Gasteiger partial charge in [-0.1, -0.05) is 13.8 Å². The number of nitrogens with one attached hydrogen (secondary N) is 2. The van der Waals surface area contributed by atoms with Gasteiger partial charge in [-0.2, -0.15) is 0 Å². The summed E-state index contributed by atoms with van der Waals surface area (Å²) in [4.78, 5) is 4.10. The molecule has 8 heteroatoms. The molecule has 2 N–H and O–H groups in total. The number of guanidine groups is 1. The lowest BCUT2D eigenvalue weighted by atomic mass is 10.2. The maximum atomic E-state index is 11.4. The van der Waals surface area contributed by atoms with Crippen molar-refractivity contribution < 1.29 is 13.2 Å². The summed E-state index contributed by atoms with van der Waals surface area (Å²) in [5.74, 6) is 1.69. The minimum absolute atomic E-state index is 0. The van der Waals surface area contributed by atoms with E-state index in [2.05, 4.69) is 29.5 Å². The van der Waals surface area contributed by atoms with Crippen molar-refractivity contribution in [3.63, 3.8) is 0 Å². The van der Waals surface area contributed by atoms with E-state index in [0.717, 1.165) is 26.2 Å². The highest BCUT2D eigenvalue weighted by molar-refractivity contribution is 14.0. The van der Waals surface area contributed by atoms with Crippen molar-refractivity contribution in [2.75, 3.05) is 38.3 Å². The fourth-order valence-electron chi connectivity index (χ4n) is 2.00. The van der Waals surface area contributed by atoms with Crippen LogP contribution in [0.4, 0.5) is 0 Å². The van der Waals surface area contributed by atoms with E-state index in [1.165, 1.54) is 0 Å². The molecule has 0 radical (unpaired) electrons. The fourth-order valence-corrected chi connectivity index (χ4v) is 3.67. The molecule has 1 saturated heterocycles. The number of hydrogen-bond acceptors (Lipinski definition) is 4. The van der Waals surface area contributed by atoms with Gasteiger partial charge in [0.25, 0.3) is 0 Å². The van der Waals surface area contributed by atoms with Crippen molar-refractivity contribution in [3.05, 3.63) is 0 Å². The van der Waals surface area contributed by atoms with Crippen LogP contribution < -0.4 is 10.6 Å². The maximum Gasteiger partial charge on any atom is 0.191 e. The molecule has 0 amide bonds. The zero-order valence-corrected chi connectivity index (χ0v) is 16.2. The van der Waals surface area contributed by atoms with Crippen LogP contribution in [0, 0.1) is 5.92 Å². The van der Waals surface area contributed by atoms with Gasteiger partial charge in [-0.05, 0) is 18.8 Å². The van der Waals surface area contributed by atoms with Gasteiger partial charge in [0, 0.05) is 32.8 Å². The molecular weight excluding hydrogens is 405 g/mol. The van der Waals surface area contributed by atoms with Gasteiger partial charge in [-0.25, -0.2) is 8.42 Å². The summed E-state index contributed by atoms with van der Waals surface area (Å²) in [6.45, 7) is 6.52. The zero-order chi connectivity index (χ0) is 15.0. The molecule has 0 bridgehead atoms. The Morgan fingerprint density at radius 2 is 2.14 bits per heavy atom. The molecule has 1 unspecified atom stereocenters. The number of nitrogens with zero attached hydrogens (tertiary/aromatic N) is 1. The molecule has 1 aliphatic heterocycles. The normalized spacial score (nSPS) is 21.1. The van der Waals surface area contributed by atoms with Crippen molar-refractivity contribution in [3.8, 4) is 0 Å². The van der Waals surface area contributed by atoms with E-state index in [-0.39, 0.29) is 41.5 Å². The van der Waals surface area contributed by atoms with E-state index in [0.29, 0.717) is 18.3 Å². The molecule has 21 heavy (non-hydrogen) atoms. The van der Waals surface area contributed by atoms with Gasteiger partial charge in [0.1, 0.15) is 0 Å². The molecule has 1 aliphatic rings. The number of rotatable bonds is 7.